The van der Waals surface area contributed by atoms with Crippen molar-refractivity contribution in [2.45, 2.75) is 31.6 Å². The molecule has 0 atom stereocenters. The smallest absolute Gasteiger partial charge is 0.264 e. The second-order valence-electron chi connectivity index (χ2n) is 8.66. The number of sulfonamides is 1. The van der Waals surface area contributed by atoms with Crippen LogP contribution in [0.25, 0.3) is 0 Å². The normalized spacial score (nSPS) is 13.0. The fourth-order valence-corrected chi connectivity index (χ4v) is 5.46. The number of hydrogen-bond donors (Lipinski definition) is 2. The van der Waals surface area contributed by atoms with Gasteiger partial charge in [-0.3, -0.25) is 13.9 Å². The predicted molar refractivity (Wildman–Crippen MR) is 134 cm³/mol. The van der Waals surface area contributed by atoms with E-state index in [9.17, 15) is 18.0 Å². The van der Waals surface area contributed by atoms with Gasteiger partial charge < -0.3 is 10.6 Å². The van der Waals surface area contributed by atoms with Crippen molar-refractivity contribution in [3.8, 4) is 0 Å². The van der Waals surface area contributed by atoms with E-state index < -0.39 is 15.9 Å². The number of hydrogen-bond acceptors (Lipinski definition) is 4. The molecule has 4 rings (SSSR count). The van der Waals surface area contributed by atoms with E-state index in [1.807, 2.05) is 32.0 Å². The van der Waals surface area contributed by atoms with E-state index in [0.717, 1.165) is 5.56 Å². The molecule has 0 unspecified atom stereocenters. The van der Waals surface area contributed by atoms with Gasteiger partial charge in [-0.15, -0.1) is 0 Å². The van der Waals surface area contributed by atoms with Gasteiger partial charge in [-0.2, -0.15) is 0 Å². The van der Waals surface area contributed by atoms with Crippen LogP contribution in [0.4, 0.5) is 17.1 Å². The third-order valence-corrected chi connectivity index (χ3v) is 7.36. The van der Waals surface area contributed by atoms with Crippen LogP contribution in [0.2, 0.25) is 0 Å². The molecule has 2 N–H and O–H groups in total. The molecule has 3 aromatic rings. The third kappa shape index (κ3) is 5.12. The van der Waals surface area contributed by atoms with Crippen molar-refractivity contribution in [1.29, 1.82) is 0 Å². The summed E-state index contributed by atoms with van der Waals surface area (Å²) in [6.45, 7) is 4.32. The lowest BCUT2D eigenvalue weighted by atomic mass is 10.1. The molecule has 1 aliphatic heterocycles. The van der Waals surface area contributed by atoms with Crippen molar-refractivity contribution in [2.24, 2.45) is 5.92 Å². The number of carbonyl (C=O) groups excluding carboxylic acids is 2. The molecule has 0 aromatic heterocycles. The lowest BCUT2D eigenvalue weighted by Gasteiger charge is -2.20. The summed E-state index contributed by atoms with van der Waals surface area (Å²) in [6.07, 6.45) is 1.09. The molecule has 0 aliphatic carbocycles. The van der Waals surface area contributed by atoms with Crippen LogP contribution in [0.5, 0.6) is 0 Å². The van der Waals surface area contributed by atoms with Gasteiger partial charge in [0.25, 0.3) is 15.9 Å². The van der Waals surface area contributed by atoms with Crippen LogP contribution in [0.15, 0.2) is 77.7 Å². The first-order valence-electron chi connectivity index (χ1n) is 11.2. The van der Waals surface area contributed by atoms with Crippen LogP contribution in [0, 0.1) is 5.92 Å². The van der Waals surface area contributed by atoms with Crippen molar-refractivity contribution >= 4 is 38.9 Å². The molecule has 8 heteroatoms. The van der Waals surface area contributed by atoms with Crippen LogP contribution < -0.4 is 14.9 Å². The molecule has 0 radical (unpaired) electrons. The molecule has 1 aliphatic rings. The van der Waals surface area contributed by atoms with E-state index >= 15 is 0 Å². The number of anilines is 3. The maximum absolute atomic E-state index is 13.3. The Hall–Kier alpha value is -3.65. The SMILES string of the molecule is CC(C)CC(=O)Nc1ccc(NC(=O)c2cccc(S(=O)(=O)N3CCc4ccccc43)c2)cc1. The molecule has 0 fully saturated rings. The Kier molecular flexibility index (Phi) is 6.70. The summed E-state index contributed by atoms with van der Waals surface area (Å²) in [5, 5.41) is 5.60. The molecule has 1 heterocycles. The maximum atomic E-state index is 13.3. The molecule has 3 aromatic carbocycles. The Morgan fingerprint density at radius 1 is 0.912 bits per heavy atom. The summed E-state index contributed by atoms with van der Waals surface area (Å²) >= 11 is 0. The van der Waals surface area contributed by atoms with E-state index in [2.05, 4.69) is 10.6 Å². The fraction of sp³-hybridized carbons (Fsp3) is 0.231. The largest absolute Gasteiger partial charge is 0.326 e. The highest BCUT2D eigenvalue weighted by molar-refractivity contribution is 7.92. The number of fused-ring (bicyclic) bond motifs is 1. The Morgan fingerprint density at radius 2 is 1.59 bits per heavy atom. The number of nitrogens with one attached hydrogen (secondary N) is 2. The first-order valence-corrected chi connectivity index (χ1v) is 12.6. The Morgan fingerprint density at radius 3 is 2.29 bits per heavy atom. The average Bonchev–Trinajstić information content (AvgIpc) is 3.25. The lowest BCUT2D eigenvalue weighted by molar-refractivity contribution is -0.116. The molecular weight excluding hydrogens is 450 g/mol. The van der Waals surface area contributed by atoms with Gasteiger partial charge in [-0.25, -0.2) is 8.42 Å². The molecule has 176 valence electrons. The highest BCUT2D eigenvalue weighted by Crippen LogP contribution is 2.32. The first-order chi connectivity index (χ1) is 16.2. The predicted octanol–water partition coefficient (Wildman–Crippen LogP) is 4.67. The molecule has 34 heavy (non-hydrogen) atoms. The number of nitrogens with zero attached hydrogens (tertiary/aromatic N) is 1. The highest BCUT2D eigenvalue weighted by atomic mass is 32.2. The third-order valence-electron chi connectivity index (χ3n) is 5.55. The summed E-state index contributed by atoms with van der Waals surface area (Å²) in [5.74, 6) is -0.223. The van der Waals surface area contributed by atoms with Crippen molar-refractivity contribution < 1.29 is 18.0 Å². The molecule has 0 spiro atoms. The van der Waals surface area contributed by atoms with E-state index in [0.29, 0.717) is 36.4 Å². The minimum absolute atomic E-state index is 0.0644. The fourth-order valence-electron chi connectivity index (χ4n) is 3.91. The summed E-state index contributed by atoms with van der Waals surface area (Å²) in [7, 11) is -3.79. The zero-order valence-corrected chi connectivity index (χ0v) is 19.9. The monoisotopic (exact) mass is 477 g/mol. The number of amides is 2. The standard InChI is InChI=1S/C26H27N3O4S/c1-18(2)16-25(30)27-21-10-12-22(13-11-21)28-26(31)20-7-5-8-23(17-20)34(32,33)29-15-14-19-6-3-4-9-24(19)29/h3-13,17-18H,14-16H2,1-2H3,(H,27,30)(H,28,31). The summed E-state index contributed by atoms with van der Waals surface area (Å²) in [4.78, 5) is 24.8. The van der Waals surface area contributed by atoms with Crippen molar-refractivity contribution in [1.82, 2.24) is 0 Å². The second-order valence-corrected chi connectivity index (χ2v) is 10.5. The van der Waals surface area contributed by atoms with Gasteiger partial charge in [0, 0.05) is 29.9 Å². The molecule has 2 amide bonds. The Balaban J connectivity index is 1.47. The van der Waals surface area contributed by atoms with Gasteiger partial charge in [0.05, 0.1) is 10.6 Å². The van der Waals surface area contributed by atoms with Crippen molar-refractivity contribution in [2.75, 3.05) is 21.5 Å². The topological polar surface area (TPSA) is 95.6 Å². The van der Waals surface area contributed by atoms with E-state index in [-0.39, 0.29) is 22.3 Å². The van der Waals surface area contributed by atoms with E-state index in [4.69, 9.17) is 0 Å². The van der Waals surface area contributed by atoms with Gasteiger partial charge in [0.1, 0.15) is 0 Å². The first kappa shape index (κ1) is 23.5. The number of benzene rings is 3. The van der Waals surface area contributed by atoms with Gasteiger partial charge in [0.15, 0.2) is 0 Å². The van der Waals surface area contributed by atoms with E-state index in [1.165, 1.54) is 16.4 Å². The Labute approximate surface area is 199 Å². The number of carbonyl (C=O) groups is 2. The van der Waals surface area contributed by atoms with Crippen LogP contribution in [0.3, 0.4) is 0 Å². The quantitative estimate of drug-likeness (QED) is 0.517. The summed E-state index contributed by atoms with van der Waals surface area (Å²) in [6, 6.07) is 20.3. The van der Waals surface area contributed by atoms with Crippen LogP contribution in [-0.4, -0.2) is 26.8 Å². The molecule has 0 bridgehead atoms. The molecule has 0 saturated heterocycles. The number of rotatable bonds is 7. The van der Waals surface area contributed by atoms with Crippen LogP contribution in [-0.2, 0) is 21.2 Å². The van der Waals surface area contributed by atoms with Crippen LogP contribution >= 0.6 is 0 Å². The summed E-state index contributed by atoms with van der Waals surface area (Å²) in [5.41, 5.74) is 3.08. The molecular formula is C26H27N3O4S. The van der Waals surface area contributed by atoms with Gasteiger partial charge >= 0.3 is 0 Å². The van der Waals surface area contributed by atoms with Gasteiger partial charge in [-0.1, -0.05) is 38.1 Å². The average molecular weight is 478 g/mol. The highest BCUT2D eigenvalue weighted by Gasteiger charge is 2.30. The van der Waals surface area contributed by atoms with Crippen molar-refractivity contribution in [3.05, 3.63) is 83.9 Å². The van der Waals surface area contributed by atoms with Crippen LogP contribution in [0.1, 0.15) is 36.2 Å². The lowest BCUT2D eigenvalue weighted by Crippen LogP contribution is -2.29. The molecule has 0 saturated carbocycles. The zero-order valence-electron chi connectivity index (χ0n) is 19.1. The summed E-state index contributed by atoms with van der Waals surface area (Å²) < 4.78 is 28.0. The van der Waals surface area contributed by atoms with Crippen molar-refractivity contribution in [3.63, 3.8) is 0 Å². The number of para-hydroxylation sites is 1. The van der Waals surface area contributed by atoms with E-state index in [1.54, 1.807) is 42.5 Å². The van der Waals surface area contributed by atoms with Gasteiger partial charge in [-0.05, 0) is 66.4 Å². The second kappa shape index (κ2) is 9.69. The molecule has 7 nitrogen and oxygen atoms in total. The zero-order chi connectivity index (χ0) is 24.3. The minimum atomic E-state index is -3.79. The Bertz CT molecular complexity index is 1320. The minimum Gasteiger partial charge on any atom is -0.326 e. The maximum Gasteiger partial charge on any atom is 0.264 e. The van der Waals surface area contributed by atoms with Gasteiger partial charge in [0.2, 0.25) is 5.91 Å².